The second-order valence-corrected chi connectivity index (χ2v) is 17.9. The van der Waals surface area contributed by atoms with Gasteiger partial charge in [0.1, 0.15) is 0 Å². The number of hydrogen-bond acceptors (Lipinski definition) is 3. The first kappa shape index (κ1) is 55.9. The Hall–Kier alpha value is -1.13. The van der Waals surface area contributed by atoms with Crippen LogP contribution in [0.1, 0.15) is 290 Å². The molecule has 0 spiro atoms. The van der Waals surface area contributed by atoms with E-state index in [2.05, 4.69) is 43.5 Å². The predicted octanol–water partition coefficient (Wildman–Crippen LogP) is 16.8. The topological polar surface area (TPSA) is 69.6 Å². The Labute approximate surface area is 358 Å². The molecule has 0 heterocycles. The number of carbonyl (C=O) groups excluding carboxylic acids is 1. The normalized spacial score (nSPS) is 13.0. The molecule has 4 heteroatoms. The van der Waals surface area contributed by atoms with Crippen LogP contribution in [0.15, 0.2) is 24.3 Å². The highest BCUT2D eigenvalue weighted by atomic mass is 16.3. The third-order valence-electron chi connectivity index (χ3n) is 12.2. The molecule has 0 saturated heterocycles. The van der Waals surface area contributed by atoms with E-state index >= 15 is 0 Å². The fraction of sp³-hybridized carbons (Fsp3) is 0.906. The fourth-order valence-corrected chi connectivity index (χ4v) is 8.22. The number of carbonyl (C=O) groups is 1. The summed E-state index contributed by atoms with van der Waals surface area (Å²) in [6, 6.07) is -0.535. The lowest BCUT2D eigenvalue weighted by atomic mass is 10.0. The zero-order valence-corrected chi connectivity index (χ0v) is 38.9. The monoisotopic (exact) mass is 802 g/mol. The van der Waals surface area contributed by atoms with Crippen LogP contribution in [0.25, 0.3) is 0 Å². The summed E-state index contributed by atoms with van der Waals surface area (Å²) >= 11 is 0. The van der Waals surface area contributed by atoms with E-state index in [0.29, 0.717) is 12.8 Å². The van der Waals surface area contributed by atoms with E-state index in [-0.39, 0.29) is 12.5 Å². The second kappa shape index (κ2) is 49.2. The molecular weight excluding hydrogens is 699 g/mol. The highest BCUT2D eigenvalue weighted by molar-refractivity contribution is 5.76. The first-order chi connectivity index (χ1) is 28.2. The molecule has 0 aliphatic heterocycles. The fourth-order valence-electron chi connectivity index (χ4n) is 8.22. The van der Waals surface area contributed by atoms with Crippen molar-refractivity contribution in [1.29, 1.82) is 0 Å². The van der Waals surface area contributed by atoms with Gasteiger partial charge in [-0.25, -0.2) is 0 Å². The van der Waals surface area contributed by atoms with Gasteiger partial charge in [0, 0.05) is 6.42 Å². The molecule has 3 N–H and O–H groups in total. The van der Waals surface area contributed by atoms with Crippen LogP contribution in [0.5, 0.6) is 0 Å². The number of unbranched alkanes of at least 4 members (excludes halogenated alkanes) is 37. The van der Waals surface area contributed by atoms with Crippen LogP contribution in [-0.4, -0.2) is 34.9 Å². The number of amides is 1. The third-order valence-corrected chi connectivity index (χ3v) is 12.2. The molecule has 0 rings (SSSR count). The van der Waals surface area contributed by atoms with E-state index in [0.717, 1.165) is 32.1 Å². The van der Waals surface area contributed by atoms with Crippen molar-refractivity contribution in [2.24, 2.45) is 0 Å². The Morgan fingerprint density at radius 3 is 1.05 bits per heavy atom. The first-order valence-corrected chi connectivity index (χ1v) is 26.0. The molecule has 0 aromatic heterocycles. The predicted molar refractivity (Wildman–Crippen MR) is 253 cm³/mol. The smallest absolute Gasteiger partial charge is 0.220 e. The summed E-state index contributed by atoms with van der Waals surface area (Å²) in [5, 5.41) is 23.3. The standard InChI is InChI=1S/C53H103NO3/c1-3-5-7-9-11-13-15-17-19-21-22-23-24-25-26-27-28-29-30-31-32-33-35-37-39-41-43-45-47-49-53(57)54-51(50-55)52(56)48-46-44-42-40-38-36-34-20-18-16-14-12-10-8-6-4-2/h22-23,25-26,51-52,55-56H,3-21,24,27-50H2,1-2H3,(H,54,57)/b23-22-,26-25-. The lowest BCUT2D eigenvalue weighted by Crippen LogP contribution is -2.45. The number of rotatable bonds is 48. The molecule has 0 saturated carbocycles. The molecule has 0 aromatic rings. The largest absolute Gasteiger partial charge is 0.394 e. The molecule has 0 fully saturated rings. The highest BCUT2D eigenvalue weighted by Crippen LogP contribution is 2.17. The lowest BCUT2D eigenvalue weighted by Gasteiger charge is -2.22. The van der Waals surface area contributed by atoms with Crippen LogP contribution >= 0.6 is 0 Å². The summed E-state index contributed by atoms with van der Waals surface area (Å²) < 4.78 is 0. The molecule has 2 unspecified atom stereocenters. The number of nitrogens with one attached hydrogen (secondary N) is 1. The van der Waals surface area contributed by atoms with E-state index in [1.807, 2.05) is 0 Å². The van der Waals surface area contributed by atoms with E-state index in [9.17, 15) is 15.0 Å². The summed E-state index contributed by atoms with van der Waals surface area (Å²) in [6.45, 7) is 4.38. The summed E-state index contributed by atoms with van der Waals surface area (Å²) in [5.41, 5.74) is 0. The van der Waals surface area contributed by atoms with Crippen LogP contribution in [0, 0.1) is 0 Å². The van der Waals surface area contributed by atoms with Crippen molar-refractivity contribution in [2.45, 2.75) is 302 Å². The van der Waals surface area contributed by atoms with Crippen LogP contribution in [0.2, 0.25) is 0 Å². The Morgan fingerprint density at radius 2 is 0.719 bits per heavy atom. The maximum Gasteiger partial charge on any atom is 0.220 e. The molecule has 338 valence electrons. The average Bonchev–Trinajstić information content (AvgIpc) is 3.22. The zero-order chi connectivity index (χ0) is 41.4. The van der Waals surface area contributed by atoms with Gasteiger partial charge in [0.15, 0.2) is 0 Å². The van der Waals surface area contributed by atoms with Gasteiger partial charge in [-0.05, 0) is 44.9 Å². The number of hydrogen-bond donors (Lipinski definition) is 3. The number of aliphatic hydroxyl groups excluding tert-OH is 2. The molecular formula is C53H103NO3. The minimum Gasteiger partial charge on any atom is -0.394 e. The summed E-state index contributed by atoms with van der Waals surface area (Å²) in [4.78, 5) is 12.5. The van der Waals surface area contributed by atoms with Crippen molar-refractivity contribution in [3.05, 3.63) is 24.3 Å². The zero-order valence-electron chi connectivity index (χ0n) is 38.9. The molecule has 57 heavy (non-hydrogen) atoms. The van der Waals surface area contributed by atoms with Crippen LogP contribution in [-0.2, 0) is 4.79 Å². The summed E-state index contributed by atoms with van der Waals surface area (Å²) in [6.07, 6.45) is 64.3. The van der Waals surface area contributed by atoms with Crippen LogP contribution in [0.4, 0.5) is 0 Å². The van der Waals surface area contributed by atoms with Crippen molar-refractivity contribution < 1.29 is 15.0 Å². The van der Waals surface area contributed by atoms with E-state index in [1.165, 1.54) is 231 Å². The molecule has 0 radical (unpaired) electrons. The Kier molecular flexibility index (Phi) is 48.3. The Balaban J connectivity index is 3.45. The number of aliphatic hydroxyl groups is 2. The van der Waals surface area contributed by atoms with Crippen LogP contribution in [0.3, 0.4) is 0 Å². The van der Waals surface area contributed by atoms with Gasteiger partial charge >= 0.3 is 0 Å². The maximum absolute atomic E-state index is 12.5. The molecule has 0 aliphatic carbocycles. The molecule has 2 atom stereocenters. The van der Waals surface area contributed by atoms with E-state index < -0.39 is 12.1 Å². The lowest BCUT2D eigenvalue weighted by molar-refractivity contribution is -0.123. The Bertz CT molecular complexity index is 825. The summed E-state index contributed by atoms with van der Waals surface area (Å²) in [5.74, 6) is -0.0287. The SMILES string of the molecule is CCCCCCCCCCC/C=C\C/C=C\CCCCCCCCCCCCCCCC(=O)NC(CO)C(O)CCCCCCCCCCCCCCCCCC. The molecule has 0 bridgehead atoms. The molecule has 0 aromatic carbocycles. The van der Waals surface area contributed by atoms with Crippen molar-refractivity contribution in [1.82, 2.24) is 5.32 Å². The third kappa shape index (κ3) is 45.8. The van der Waals surface area contributed by atoms with Gasteiger partial charge in [-0.15, -0.1) is 0 Å². The van der Waals surface area contributed by atoms with Crippen LogP contribution < -0.4 is 5.32 Å². The highest BCUT2D eigenvalue weighted by Gasteiger charge is 2.20. The van der Waals surface area contributed by atoms with E-state index in [4.69, 9.17) is 0 Å². The van der Waals surface area contributed by atoms with Gasteiger partial charge in [-0.1, -0.05) is 263 Å². The van der Waals surface area contributed by atoms with Gasteiger partial charge in [0.05, 0.1) is 18.8 Å². The van der Waals surface area contributed by atoms with Crippen molar-refractivity contribution >= 4 is 5.91 Å². The minimum atomic E-state index is -0.658. The molecule has 4 nitrogen and oxygen atoms in total. The Morgan fingerprint density at radius 1 is 0.421 bits per heavy atom. The van der Waals surface area contributed by atoms with E-state index in [1.54, 1.807) is 0 Å². The van der Waals surface area contributed by atoms with Gasteiger partial charge in [-0.3, -0.25) is 4.79 Å². The molecule has 0 aliphatic rings. The van der Waals surface area contributed by atoms with Gasteiger partial charge < -0.3 is 15.5 Å². The van der Waals surface area contributed by atoms with Gasteiger partial charge in [0.25, 0.3) is 0 Å². The van der Waals surface area contributed by atoms with Gasteiger partial charge in [0.2, 0.25) is 5.91 Å². The second-order valence-electron chi connectivity index (χ2n) is 17.9. The minimum absolute atomic E-state index is 0.0287. The first-order valence-electron chi connectivity index (χ1n) is 26.0. The quantitative estimate of drug-likeness (QED) is 0.0424. The average molecular weight is 802 g/mol. The number of allylic oxidation sites excluding steroid dienone is 4. The van der Waals surface area contributed by atoms with Crippen molar-refractivity contribution in [3.8, 4) is 0 Å². The summed E-state index contributed by atoms with van der Waals surface area (Å²) in [7, 11) is 0. The van der Waals surface area contributed by atoms with Crippen molar-refractivity contribution in [2.75, 3.05) is 6.61 Å². The van der Waals surface area contributed by atoms with Gasteiger partial charge in [-0.2, -0.15) is 0 Å². The maximum atomic E-state index is 12.5. The molecule has 1 amide bonds. The van der Waals surface area contributed by atoms with Crippen molar-refractivity contribution in [3.63, 3.8) is 0 Å².